The summed E-state index contributed by atoms with van der Waals surface area (Å²) in [5, 5.41) is 20.9. The minimum Gasteiger partial charge on any atom is -0.478 e. The Balaban J connectivity index is 2.29. The van der Waals surface area contributed by atoms with Crippen molar-refractivity contribution in [3.63, 3.8) is 0 Å². The van der Waals surface area contributed by atoms with Gasteiger partial charge in [0, 0.05) is 11.1 Å². The van der Waals surface area contributed by atoms with Crippen LogP contribution in [0.2, 0.25) is 0 Å². The Morgan fingerprint density at radius 2 is 2.37 bits per heavy atom. The molecule has 7 heteroatoms. The van der Waals surface area contributed by atoms with E-state index >= 15 is 0 Å². The molecule has 1 heterocycles. The number of carboxylic acid groups (broad SMARTS) is 1. The molecule has 1 N–H and O–H groups in total. The zero-order valence-corrected chi connectivity index (χ0v) is 9.82. The molecule has 0 spiro atoms. The number of carbonyl (C=O) groups is 1. The van der Waals surface area contributed by atoms with Gasteiger partial charge in [0.05, 0.1) is 17.2 Å². The maximum Gasteiger partial charge on any atom is 0.338 e. The van der Waals surface area contributed by atoms with Crippen LogP contribution in [-0.4, -0.2) is 16.1 Å². The second-order valence-electron chi connectivity index (χ2n) is 4.19. The van der Waals surface area contributed by atoms with Crippen LogP contribution in [0.15, 0.2) is 29.1 Å². The van der Waals surface area contributed by atoms with Gasteiger partial charge in [-0.15, -0.1) is 0 Å². The number of hydrogen-bond acceptors (Lipinski definition) is 4. The van der Waals surface area contributed by atoms with Gasteiger partial charge >= 0.3 is 5.97 Å². The summed E-state index contributed by atoms with van der Waals surface area (Å²) in [5.74, 6) is -1.32. The highest BCUT2D eigenvalue weighted by Crippen LogP contribution is 2.47. The molecule has 1 aromatic heterocycles. The lowest BCUT2D eigenvalue weighted by Gasteiger charge is -2.05. The Hall–Kier alpha value is -2.84. The molecule has 0 saturated heterocycles. The molecular formula is C12H9N5O2. The maximum absolute atomic E-state index is 10.8. The summed E-state index contributed by atoms with van der Waals surface area (Å²) in [5.41, 5.74) is 8.59. The molecule has 0 atom stereocenters. The topological polar surface area (TPSA) is 123 Å². The molecule has 1 aliphatic rings. The highest BCUT2D eigenvalue weighted by Gasteiger charge is 2.45. The summed E-state index contributed by atoms with van der Waals surface area (Å²) in [6, 6.07) is 5.59. The summed E-state index contributed by atoms with van der Waals surface area (Å²) < 4.78 is 0. The molecule has 0 radical (unpaired) electrons. The van der Waals surface area contributed by atoms with E-state index in [2.05, 4.69) is 21.1 Å². The number of nitriles is 1. The van der Waals surface area contributed by atoms with Gasteiger partial charge < -0.3 is 5.11 Å². The van der Waals surface area contributed by atoms with Crippen LogP contribution in [0.25, 0.3) is 16.5 Å². The first-order valence-electron chi connectivity index (χ1n) is 5.49. The fourth-order valence-electron chi connectivity index (χ4n) is 1.69. The van der Waals surface area contributed by atoms with Crippen molar-refractivity contribution in [1.82, 2.24) is 4.98 Å². The van der Waals surface area contributed by atoms with Crippen molar-refractivity contribution in [2.75, 3.05) is 0 Å². The van der Waals surface area contributed by atoms with Crippen molar-refractivity contribution in [1.29, 1.82) is 5.26 Å². The van der Waals surface area contributed by atoms with Crippen molar-refractivity contribution >= 4 is 12.0 Å². The summed E-state index contributed by atoms with van der Waals surface area (Å²) in [4.78, 5) is 17.3. The molecule has 94 valence electrons. The fraction of sp³-hybridized carbons (Fsp3) is 0.250. The third-order valence-corrected chi connectivity index (χ3v) is 2.96. The third-order valence-electron chi connectivity index (χ3n) is 2.96. The molecule has 7 nitrogen and oxygen atoms in total. The summed E-state index contributed by atoms with van der Waals surface area (Å²) in [6.45, 7) is 0. The van der Waals surface area contributed by atoms with E-state index in [9.17, 15) is 4.79 Å². The highest BCUT2D eigenvalue weighted by molar-refractivity contribution is 5.91. The molecular weight excluding hydrogens is 246 g/mol. The minimum absolute atomic E-state index is 0.363. The van der Waals surface area contributed by atoms with E-state index in [1.54, 1.807) is 18.3 Å². The third kappa shape index (κ3) is 2.54. The van der Waals surface area contributed by atoms with E-state index in [1.165, 1.54) is 6.08 Å². The fourth-order valence-corrected chi connectivity index (χ4v) is 1.69. The Morgan fingerprint density at radius 3 is 2.79 bits per heavy atom. The lowest BCUT2D eigenvalue weighted by Crippen LogP contribution is -2.03. The van der Waals surface area contributed by atoms with Gasteiger partial charge in [0.25, 0.3) is 0 Å². The standard InChI is InChI=1S/C12H9N5O2/c13-7-12(3-4-12)8-1-2-9(15-6-8)5-10(11(18)19)16-17-14/h1-2,5-6H,3-4H2,(H,18,19)/b10-5+. The molecule has 0 amide bonds. The van der Waals surface area contributed by atoms with Gasteiger partial charge in [-0.2, -0.15) is 5.26 Å². The molecule has 0 unspecified atom stereocenters. The highest BCUT2D eigenvalue weighted by atomic mass is 16.4. The largest absolute Gasteiger partial charge is 0.478 e. The minimum atomic E-state index is -1.32. The normalized spacial score (nSPS) is 16.1. The van der Waals surface area contributed by atoms with Crippen LogP contribution in [0.4, 0.5) is 0 Å². The summed E-state index contributed by atoms with van der Waals surface area (Å²) in [7, 11) is 0. The van der Waals surface area contributed by atoms with Crippen LogP contribution < -0.4 is 0 Å². The number of nitrogens with zero attached hydrogens (tertiary/aromatic N) is 5. The SMILES string of the molecule is N#CC1(c2ccc(/C=C(/N=[N+]=[N-])C(=O)O)nc2)CC1. The van der Waals surface area contributed by atoms with E-state index in [0.717, 1.165) is 18.4 Å². The Labute approximate surface area is 108 Å². The van der Waals surface area contributed by atoms with Crippen LogP contribution in [0.5, 0.6) is 0 Å². The number of hydrogen-bond donors (Lipinski definition) is 1. The van der Waals surface area contributed by atoms with Gasteiger partial charge in [-0.1, -0.05) is 11.2 Å². The quantitative estimate of drug-likeness (QED) is 0.384. The van der Waals surface area contributed by atoms with Gasteiger partial charge in [0.2, 0.25) is 0 Å². The van der Waals surface area contributed by atoms with Gasteiger partial charge in [-0.25, -0.2) is 4.79 Å². The number of pyridine rings is 1. The lowest BCUT2D eigenvalue weighted by molar-refractivity contribution is -0.132. The van der Waals surface area contributed by atoms with E-state index in [1.807, 2.05) is 0 Å². The lowest BCUT2D eigenvalue weighted by atomic mass is 10.00. The van der Waals surface area contributed by atoms with Crippen LogP contribution in [0, 0.1) is 11.3 Å². The van der Waals surface area contributed by atoms with Crippen molar-refractivity contribution in [2.24, 2.45) is 5.11 Å². The number of rotatable bonds is 4. The summed E-state index contributed by atoms with van der Waals surface area (Å²) in [6.07, 6.45) is 4.37. The zero-order valence-electron chi connectivity index (χ0n) is 9.82. The molecule has 1 aromatic rings. The van der Waals surface area contributed by atoms with Gasteiger partial charge in [-0.3, -0.25) is 4.98 Å². The van der Waals surface area contributed by atoms with Crippen molar-refractivity contribution < 1.29 is 9.90 Å². The van der Waals surface area contributed by atoms with E-state index in [4.69, 9.17) is 15.9 Å². The van der Waals surface area contributed by atoms with E-state index in [-0.39, 0.29) is 0 Å². The van der Waals surface area contributed by atoms with Gasteiger partial charge in [0.15, 0.2) is 0 Å². The Morgan fingerprint density at radius 1 is 1.63 bits per heavy atom. The number of carboxylic acids is 1. The molecule has 1 aliphatic carbocycles. The van der Waals surface area contributed by atoms with E-state index in [0.29, 0.717) is 5.69 Å². The number of azide groups is 1. The van der Waals surface area contributed by atoms with Gasteiger partial charge in [-0.05, 0) is 36.1 Å². The van der Waals surface area contributed by atoms with Crippen molar-refractivity contribution in [2.45, 2.75) is 18.3 Å². The maximum atomic E-state index is 10.8. The van der Waals surface area contributed by atoms with Crippen molar-refractivity contribution in [3.8, 4) is 6.07 Å². The zero-order chi connectivity index (χ0) is 13.9. The first kappa shape index (κ1) is 12.6. The molecule has 0 aliphatic heterocycles. The second kappa shape index (κ2) is 4.80. The molecule has 1 saturated carbocycles. The van der Waals surface area contributed by atoms with Crippen LogP contribution in [-0.2, 0) is 10.2 Å². The predicted octanol–water partition coefficient (Wildman–Crippen LogP) is 2.37. The second-order valence-corrected chi connectivity index (χ2v) is 4.19. The molecule has 2 rings (SSSR count). The molecule has 19 heavy (non-hydrogen) atoms. The first-order valence-corrected chi connectivity index (χ1v) is 5.49. The average molecular weight is 255 g/mol. The monoisotopic (exact) mass is 255 g/mol. The molecule has 1 fully saturated rings. The van der Waals surface area contributed by atoms with Gasteiger partial charge in [0.1, 0.15) is 5.70 Å². The molecule has 0 aromatic carbocycles. The van der Waals surface area contributed by atoms with Crippen LogP contribution in [0.3, 0.4) is 0 Å². The predicted molar refractivity (Wildman–Crippen MR) is 65.5 cm³/mol. The van der Waals surface area contributed by atoms with E-state index < -0.39 is 17.1 Å². The van der Waals surface area contributed by atoms with Crippen LogP contribution >= 0.6 is 0 Å². The first-order chi connectivity index (χ1) is 9.11. The number of aliphatic carboxylic acids is 1. The smallest absolute Gasteiger partial charge is 0.338 e. The Kier molecular flexibility index (Phi) is 3.19. The Bertz CT molecular complexity index is 627. The average Bonchev–Trinajstić information content (AvgIpc) is 3.20. The number of aromatic nitrogens is 1. The van der Waals surface area contributed by atoms with Crippen LogP contribution in [0.1, 0.15) is 24.1 Å². The molecule has 0 bridgehead atoms. The van der Waals surface area contributed by atoms with Crippen molar-refractivity contribution in [3.05, 3.63) is 45.7 Å². The summed E-state index contributed by atoms with van der Waals surface area (Å²) >= 11 is 0.